The van der Waals surface area contributed by atoms with Crippen LogP contribution in [0.4, 0.5) is 0 Å². The molecule has 21 heavy (non-hydrogen) atoms. The fourth-order valence-electron chi connectivity index (χ4n) is 2.87. The molecule has 0 bridgehead atoms. The molecule has 2 amide bonds. The normalized spacial score (nSPS) is 21.6. The van der Waals surface area contributed by atoms with Crippen molar-refractivity contribution < 1.29 is 9.59 Å². The molecule has 4 nitrogen and oxygen atoms in total. The first-order valence-electron chi connectivity index (χ1n) is 7.71. The van der Waals surface area contributed by atoms with Crippen molar-refractivity contribution >= 4 is 11.8 Å². The Balaban J connectivity index is 1.81. The molecule has 0 aromatic heterocycles. The van der Waals surface area contributed by atoms with Gasteiger partial charge < -0.3 is 10.6 Å². The number of hydrogen-bond acceptors (Lipinski definition) is 2. The first-order valence-corrected chi connectivity index (χ1v) is 7.71. The van der Waals surface area contributed by atoms with Crippen molar-refractivity contribution in [2.24, 2.45) is 5.92 Å². The van der Waals surface area contributed by atoms with Gasteiger partial charge in [-0.15, -0.1) is 0 Å². The summed E-state index contributed by atoms with van der Waals surface area (Å²) in [5.74, 6) is 0.227. The van der Waals surface area contributed by atoms with Crippen molar-refractivity contribution in [2.75, 3.05) is 6.54 Å². The van der Waals surface area contributed by atoms with Crippen molar-refractivity contribution in [1.82, 2.24) is 10.6 Å². The van der Waals surface area contributed by atoms with Gasteiger partial charge in [-0.25, -0.2) is 0 Å². The molecule has 1 aliphatic rings. The molecule has 1 aromatic carbocycles. The predicted molar refractivity (Wildman–Crippen MR) is 83.1 cm³/mol. The van der Waals surface area contributed by atoms with Crippen LogP contribution in [-0.2, 0) is 4.79 Å². The Morgan fingerprint density at radius 3 is 2.62 bits per heavy atom. The maximum absolute atomic E-state index is 12.0. The second kappa shape index (κ2) is 7.25. The third-order valence-electron chi connectivity index (χ3n) is 4.26. The average molecular weight is 288 g/mol. The molecule has 0 radical (unpaired) electrons. The number of carbonyl (C=O) groups excluding carboxylic acids is 2. The number of aryl methyl sites for hydroxylation is 1. The second-order valence-electron chi connectivity index (χ2n) is 5.93. The SMILES string of the molecule is Cc1ccccc1C(=O)NCC(=O)N[C@@H]1CCCC[C@H]1C. The van der Waals surface area contributed by atoms with E-state index in [9.17, 15) is 9.59 Å². The standard InChI is InChI=1S/C17H24N2O2/c1-12-7-3-5-9-14(12)17(21)18-11-16(20)19-15-10-6-4-8-13(15)2/h3,5,7,9,13,15H,4,6,8,10-11H2,1-2H3,(H,18,21)(H,19,20)/t13-,15-/m1/s1. The number of nitrogens with one attached hydrogen (secondary N) is 2. The molecular formula is C17H24N2O2. The molecule has 0 heterocycles. The number of hydrogen-bond donors (Lipinski definition) is 2. The summed E-state index contributed by atoms with van der Waals surface area (Å²) in [5.41, 5.74) is 1.53. The lowest BCUT2D eigenvalue weighted by Crippen LogP contribution is -2.45. The van der Waals surface area contributed by atoms with Crippen LogP contribution in [0.5, 0.6) is 0 Å². The number of carbonyl (C=O) groups is 2. The van der Waals surface area contributed by atoms with Gasteiger partial charge in [0.1, 0.15) is 0 Å². The van der Waals surface area contributed by atoms with Crippen LogP contribution in [-0.4, -0.2) is 24.4 Å². The first kappa shape index (κ1) is 15.5. The minimum absolute atomic E-state index is 0.0381. The van der Waals surface area contributed by atoms with Crippen molar-refractivity contribution in [3.8, 4) is 0 Å². The Labute approximate surface area is 126 Å². The molecule has 0 spiro atoms. The smallest absolute Gasteiger partial charge is 0.251 e. The molecule has 2 atom stereocenters. The molecule has 4 heteroatoms. The lowest BCUT2D eigenvalue weighted by atomic mass is 9.86. The van der Waals surface area contributed by atoms with Gasteiger partial charge in [0.25, 0.3) is 5.91 Å². The first-order chi connectivity index (χ1) is 10.1. The number of rotatable bonds is 4. The summed E-state index contributed by atoms with van der Waals surface area (Å²) < 4.78 is 0. The highest BCUT2D eigenvalue weighted by Crippen LogP contribution is 2.23. The summed E-state index contributed by atoms with van der Waals surface area (Å²) in [4.78, 5) is 24.0. The number of amides is 2. The average Bonchev–Trinajstić information content (AvgIpc) is 2.48. The van der Waals surface area contributed by atoms with E-state index >= 15 is 0 Å². The fourth-order valence-corrected chi connectivity index (χ4v) is 2.87. The van der Waals surface area contributed by atoms with E-state index in [0.717, 1.165) is 12.0 Å². The fraction of sp³-hybridized carbons (Fsp3) is 0.529. The van der Waals surface area contributed by atoms with E-state index in [4.69, 9.17) is 0 Å². The van der Waals surface area contributed by atoms with Gasteiger partial charge in [-0.2, -0.15) is 0 Å². The van der Waals surface area contributed by atoms with E-state index in [-0.39, 0.29) is 24.4 Å². The minimum atomic E-state index is -0.194. The van der Waals surface area contributed by atoms with Crippen LogP contribution in [0, 0.1) is 12.8 Å². The van der Waals surface area contributed by atoms with Gasteiger partial charge in [0, 0.05) is 11.6 Å². The lowest BCUT2D eigenvalue weighted by Gasteiger charge is -2.29. The van der Waals surface area contributed by atoms with Crippen LogP contribution in [0.2, 0.25) is 0 Å². The Kier molecular flexibility index (Phi) is 5.37. The molecule has 0 aliphatic heterocycles. The monoisotopic (exact) mass is 288 g/mol. The molecule has 1 aromatic rings. The molecule has 1 aliphatic carbocycles. The van der Waals surface area contributed by atoms with Gasteiger partial charge in [0.05, 0.1) is 6.54 Å². The van der Waals surface area contributed by atoms with Crippen LogP contribution in [0.15, 0.2) is 24.3 Å². The van der Waals surface area contributed by atoms with Gasteiger partial charge in [-0.05, 0) is 37.3 Å². The van der Waals surface area contributed by atoms with Crippen LogP contribution < -0.4 is 10.6 Å². The highest BCUT2D eigenvalue weighted by atomic mass is 16.2. The zero-order valence-corrected chi connectivity index (χ0v) is 12.8. The summed E-state index contributed by atoms with van der Waals surface area (Å²) in [6, 6.07) is 7.63. The van der Waals surface area contributed by atoms with Crippen molar-refractivity contribution in [1.29, 1.82) is 0 Å². The van der Waals surface area contributed by atoms with E-state index in [1.165, 1.54) is 19.3 Å². The summed E-state index contributed by atoms with van der Waals surface area (Å²) >= 11 is 0. The third kappa shape index (κ3) is 4.31. The molecular weight excluding hydrogens is 264 g/mol. The third-order valence-corrected chi connectivity index (χ3v) is 4.26. The zero-order valence-electron chi connectivity index (χ0n) is 12.8. The Morgan fingerprint density at radius 1 is 1.19 bits per heavy atom. The van der Waals surface area contributed by atoms with Crippen LogP contribution >= 0.6 is 0 Å². The number of benzene rings is 1. The van der Waals surface area contributed by atoms with E-state index in [0.29, 0.717) is 11.5 Å². The van der Waals surface area contributed by atoms with Crippen LogP contribution in [0.25, 0.3) is 0 Å². The van der Waals surface area contributed by atoms with Gasteiger partial charge in [-0.1, -0.05) is 38.0 Å². The van der Waals surface area contributed by atoms with Crippen molar-refractivity contribution in [2.45, 2.75) is 45.6 Å². The molecule has 0 saturated heterocycles. The van der Waals surface area contributed by atoms with E-state index in [1.807, 2.05) is 25.1 Å². The summed E-state index contributed by atoms with van der Waals surface area (Å²) in [5, 5.41) is 5.73. The Hall–Kier alpha value is -1.84. The van der Waals surface area contributed by atoms with Crippen molar-refractivity contribution in [3.63, 3.8) is 0 Å². The van der Waals surface area contributed by atoms with Crippen LogP contribution in [0.1, 0.15) is 48.5 Å². The largest absolute Gasteiger partial charge is 0.352 e. The molecule has 1 saturated carbocycles. The van der Waals surface area contributed by atoms with Gasteiger partial charge >= 0.3 is 0 Å². The maximum Gasteiger partial charge on any atom is 0.251 e. The maximum atomic E-state index is 12.0. The molecule has 1 fully saturated rings. The zero-order chi connectivity index (χ0) is 15.2. The van der Waals surface area contributed by atoms with Crippen LogP contribution in [0.3, 0.4) is 0 Å². The molecule has 2 rings (SSSR count). The van der Waals surface area contributed by atoms with E-state index in [1.54, 1.807) is 6.07 Å². The molecule has 2 N–H and O–H groups in total. The molecule has 0 unspecified atom stereocenters. The quantitative estimate of drug-likeness (QED) is 0.894. The topological polar surface area (TPSA) is 58.2 Å². The highest BCUT2D eigenvalue weighted by Gasteiger charge is 2.22. The van der Waals surface area contributed by atoms with E-state index < -0.39 is 0 Å². The summed E-state index contributed by atoms with van der Waals surface area (Å²) in [7, 11) is 0. The van der Waals surface area contributed by atoms with Crippen molar-refractivity contribution in [3.05, 3.63) is 35.4 Å². The second-order valence-corrected chi connectivity index (χ2v) is 5.93. The summed E-state index contributed by atoms with van der Waals surface area (Å²) in [6.07, 6.45) is 4.63. The molecule has 114 valence electrons. The van der Waals surface area contributed by atoms with Gasteiger partial charge in [0.2, 0.25) is 5.91 Å². The summed E-state index contributed by atoms with van der Waals surface area (Å²) in [6.45, 7) is 4.10. The predicted octanol–water partition coefficient (Wildman–Crippen LogP) is 2.42. The Morgan fingerprint density at radius 2 is 1.90 bits per heavy atom. The lowest BCUT2D eigenvalue weighted by molar-refractivity contribution is -0.121. The van der Waals surface area contributed by atoms with E-state index in [2.05, 4.69) is 17.6 Å². The van der Waals surface area contributed by atoms with Gasteiger partial charge in [0.15, 0.2) is 0 Å². The van der Waals surface area contributed by atoms with Gasteiger partial charge in [-0.3, -0.25) is 9.59 Å². The Bertz CT molecular complexity index is 513. The highest BCUT2D eigenvalue weighted by molar-refractivity contribution is 5.97. The minimum Gasteiger partial charge on any atom is -0.352 e.